The minimum absolute atomic E-state index is 0.0791. The predicted octanol–water partition coefficient (Wildman–Crippen LogP) is 2.45. The Kier molecular flexibility index (Phi) is 6.27. The smallest absolute Gasteiger partial charge is 0.407 e. The van der Waals surface area contributed by atoms with Gasteiger partial charge in [0.25, 0.3) is 0 Å². The van der Waals surface area contributed by atoms with E-state index in [0.29, 0.717) is 12.6 Å². The molecule has 118 valence electrons. The number of hydrogen-bond acceptors (Lipinski definition) is 4. The molecule has 0 saturated heterocycles. The summed E-state index contributed by atoms with van der Waals surface area (Å²) in [4.78, 5) is 11.8. The van der Waals surface area contributed by atoms with E-state index in [-0.39, 0.29) is 24.3 Å². The van der Waals surface area contributed by atoms with Gasteiger partial charge in [-0.3, -0.25) is 0 Å². The second kappa shape index (κ2) is 7.27. The quantitative estimate of drug-likeness (QED) is 0.787. The lowest BCUT2D eigenvalue weighted by molar-refractivity contribution is -0.0461. The van der Waals surface area contributed by atoms with E-state index in [1.165, 1.54) is 0 Å². The van der Waals surface area contributed by atoms with Crippen molar-refractivity contribution in [3.8, 4) is 0 Å². The van der Waals surface area contributed by atoms with Crippen LogP contribution in [0.3, 0.4) is 0 Å². The van der Waals surface area contributed by atoms with Crippen LogP contribution in [-0.4, -0.2) is 42.5 Å². The lowest BCUT2D eigenvalue weighted by atomic mass is 9.82. The van der Waals surface area contributed by atoms with E-state index in [2.05, 4.69) is 24.5 Å². The van der Waals surface area contributed by atoms with Gasteiger partial charge in [0, 0.05) is 12.6 Å². The SMILES string of the molecule is CCOC1CC(NC(=O)OC(C)(C)C)C1NC(C)CC. The lowest BCUT2D eigenvalue weighted by Gasteiger charge is -2.46. The van der Waals surface area contributed by atoms with Crippen LogP contribution in [-0.2, 0) is 9.47 Å². The maximum atomic E-state index is 11.8. The molecule has 5 nitrogen and oxygen atoms in total. The highest BCUT2D eigenvalue weighted by molar-refractivity contribution is 5.68. The van der Waals surface area contributed by atoms with Gasteiger partial charge in [0.2, 0.25) is 0 Å². The molecule has 1 fully saturated rings. The van der Waals surface area contributed by atoms with Crippen molar-refractivity contribution < 1.29 is 14.3 Å². The van der Waals surface area contributed by atoms with Gasteiger partial charge in [0.15, 0.2) is 0 Å². The maximum absolute atomic E-state index is 11.8. The Bertz CT molecular complexity index is 315. The van der Waals surface area contributed by atoms with Crippen molar-refractivity contribution in [2.24, 2.45) is 0 Å². The Morgan fingerprint density at radius 1 is 1.35 bits per heavy atom. The number of nitrogens with one attached hydrogen (secondary N) is 2. The Morgan fingerprint density at radius 3 is 2.50 bits per heavy atom. The number of carbonyl (C=O) groups excluding carboxylic acids is 1. The Hall–Kier alpha value is -0.810. The summed E-state index contributed by atoms with van der Waals surface area (Å²) >= 11 is 0. The number of alkyl carbamates (subject to hydrolysis) is 1. The minimum atomic E-state index is -0.465. The first-order valence-electron chi connectivity index (χ1n) is 7.64. The summed E-state index contributed by atoms with van der Waals surface area (Å²) in [5.41, 5.74) is -0.465. The highest BCUT2D eigenvalue weighted by atomic mass is 16.6. The topological polar surface area (TPSA) is 59.6 Å². The molecule has 1 saturated carbocycles. The summed E-state index contributed by atoms with van der Waals surface area (Å²) in [6.07, 6.45) is 1.71. The van der Waals surface area contributed by atoms with Crippen LogP contribution in [0.4, 0.5) is 4.79 Å². The molecule has 4 atom stereocenters. The van der Waals surface area contributed by atoms with Gasteiger partial charge in [-0.2, -0.15) is 0 Å². The minimum Gasteiger partial charge on any atom is -0.444 e. The second-order valence-electron chi connectivity index (χ2n) is 6.48. The van der Waals surface area contributed by atoms with Crippen molar-refractivity contribution in [2.75, 3.05) is 6.61 Å². The fraction of sp³-hybridized carbons (Fsp3) is 0.933. The van der Waals surface area contributed by atoms with Gasteiger partial charge >= 0.3 is 6.09 Å². The van der Waals surface area contributed by atoms with Crippen LogP contribution in [0.1, 0.15) is 54.4 Å². The van der Waals surface area contributed by atoms with Crippen molar-refractivity contribution in [1.29, 1.82) is 0 Å². The fourth-order valence-corrected chi connectivity index (χ4v) is 2.27. The Morgan fingerprint density at radius 2 is 2.00 bits per heavy atom. The van der Waals surface area contributed by atoms with Gasteiger partial charge < -0.3 is 20.1 Å². The van der Waals surface area contributed by atoms with E-state index in [9.17, 15) is 4.79 Å². The first kappa shape index (κ1) is 17.2. The van der Waals surface area contributed by atoms with Crippen molar-refractivity contribution in [1.82, 2.24) is 10.6 Å². The molecular weight excluding hydrogens is 256 g/mol. The largest absolute Gasteiger partial charge is 0.444 e. The van der Waals surface area contributed by atoms with Crippen molar-refractivity contribution in [3.05, 3.63) is 0 Å². The Labute approximate surface area is 122 Å². The molecule has 0 spiro atoms. The zero-order chi connectivity index (χ0) is 15.3. The molecular formula is C15H30N2O3. The Balaban J connectivity index is 2.50. The molecule has 20 heavy (non-hydrogen) atoms. The van der Waals surface area contributed by atoms with Gasteiger partial charge in [-0.15, -0.1) is 0 Å². The average Bonchev–Trinajstić information content (AvgIpc) is 2.32. The molecule has 1 aliphatic carbocycles. The monoisotopic (exact) mass is 286 g/mol. The van der Waals surface area contributed by atoms with Crippen LogP contribution in [0.15, 0.2) is 0 Å². The molecule has 0 heterocycles. The van der Waals surface area contributed by atoms with Crippen molar-refractivity contribution >= 4 is 6.09 Å². The number of hydrogen-bond donors (Lipinski definition) is 2. The van der Waals surface area contributed by atoms with E-state index >= 15 is 0 Å². The molecule has 1 rings (SSSR count). The van der Waals surface area contributed by atoms with Gasteiger partial charge in [0.1, 0.15) is 5.60 Å². The van der Waals surface area contributed by atoms with Crippen LogP contribution in [0.25, 0.3) is 0 Å². The molecule has 0 aromatic heterocycles. The van der Waals surface area contributed by atoms with Crippen LogP contribution in [0.5, 0.6) is 0 Å². The molecule has 2 N–H and O–H groups in total. The third-order valence-corrected chi connectivity index (χ3v) is 3.49. The molecule has 0 bridgehead atoms. The van der Waals surface area contributed by atoms with Crippen LogP contribution in [0.2, 0.25) is 0 Å². The van der Waals surface area contributed by atoms with E-state index in [1.54, 1.807) is 0 Å². The number of carbonyl (C=O) groups is 1. The van der Waals surface area contributed by atoms with E-state index < -0.39 is 5.60 Å². The van der Waals surface area contributed by atoms with Crippen LogP contribution in [0, 0.1) is 0 Å². The molecule has 1 amide bonds. The molecule has 0 aromatic rings. The maximum Gasteiger partial charge on any atom is 0.407 e. The number of ether oxygens (including phenoxy) is 2. The zero-order valence-electron chi connectivity index (χ0n) is 13.7. The van der Waals surface area contributed by atoms with Crippen molar-refractivity contribution in [3.63, 3.8) is 0 Å². The number of rotatable bonds is 6. The summed E-state index contributed by atoms with van der Waals surface area (Å²) in [5.74, 6) is 0. The summed E-state index contributed by atoms with van der Waals surface area (Å²) in [6, 6.07) is 0.652. The summed E-state index contributed by atoms with van der Waals surface area (Å²) in [6.45, 7) is 12.6. The third kappa shape index (κ3) is 5.29. The fourth-order valence-electron chi connectivity index (χ4n) is 2.27. The molecule has 5 heteroatoms. The van der Waals surface area contributed by atoms with E-state index in [1.807, 2.05) is 27.7 Å². The van der Waals surface area contributed by atoms with E-state index in [4.69, 9.17) is 9.47 Å². The molecule has 4 unspecified atom stereocenters. The normalized spacial score (nSPS) is 27.6. The number of amides is 1. The standard InChI is InChI=1S/C15H30N2O3/c1-7-10(3)16-13-11(9-12(13)19-8-2)17-14(18)20-15(4,5)6/h10-13,16H,7-9H2,1-6H3,(H,17,18). The average molecular weight is 286 g/mol. The molecule has 1 aliphatic rings. The highest BCUT2D eigenvalue weighted by Gasteiger charge is 2.43. The van der Waals surface area contributed by atoms with Gasteiger partial charge in [-0.25, -0.2) is 4.79 Å². The zero-order valence-corrected chi connectivity index (χ0v) is 13.7. The molecule has 0 radical (unpaired) electrons. The van der Waals surface area contributed by atoms with Crippen molar-refractivity contribution in [2.45, 2.75) is 84.2 Å². The van der Waals surface area contributed by atoms with Crippen LogP contribution >= 0.6 is 0 Å². The first-order chi connectivity index (χ1) is 9.26. The van der Waals surface area contributed by atoms with Gasteiger partial charge in [-0.1, -0.05) is 6.92 Å². The summed E-state index contributed by atoms with van der Waals surface area (Å²) in [5, 5.41) is 6.46. The second-order valence-corrected chi connectivity index (χ2v) is 6.48. The molecule has 0 aliphatic heterocycles. The van der Waals surface area contributed by atoms with E-state index in [0.717, 1.165) is 12.8 Å². The van der Waals surface area contributed by atoms with Gasteiger partial charge in [-0.05, 0) is 47.5 Å². The first-order valence-corrected chi connectivity index (χ1v) is 7.64. The predicted molar refractivity (Wildman–Crippen MR) is 79.9 cm³/mol. The molecule has 0 aromatic carbocycles. The third-order valence-electron chi connectivity index (χ3n) is 3.49. The van der Waals surface area contributed by atoms with Crippen LogP contribution < -0.4 is 10.6 Å². The highest BCUT2D eigenvalue weighted by Crippen LogP contribution is 2.25. The van der Waals surface area contributed by atoms with Gasteiger partial charge in [0.05, 0.1) is 18.2 Å². The summed E-state index contributed by atoms with van der Waals surface area (Å²) in [7, 11) is 0. The summed E-state index contributed by atoms with van der Waals surface area (Å²) < 4.78 is 11.0. The lowest BCUT2D eigenvalue weighted by Crippen LogP contribution is -2.67.